The monoisotopic (exact) mass is 248 g/mol. The van der Waals surface area contributed by atoms with Crippen LogP contribution in [0.5, 0.6) is 5.75 Å². The lowest BCUT2D eigenvalue weighted by molar-refractivity contribution is 0.0680. The number of carbonyl (C=O) groups is 1. The number of carboxylic acid groups (broad SMARTS) is 1. The van der Waals surface area contributed by atoms with E-state index in [2.05, 4.69) is 15.5 Å². The molecule has 18 heavy (non-hydrogen) atoms. The summed E-state index contributed by atoms with van der Waals surface area (Å²) in [5, 5.41) is 19.3. The van der Waals surface area contributed by atoms with Crippen LogP contribution in [0, 0.1) is 0 Å². The summed E-state index contributed by atoms with van der Waals surface area (Å²) in [6.07, 6.45) is 0.0819. The summed E-state index contributed by atoms with van der Waals surface area (Å²) in [6, 6.07) is 6.87. The lowest BCUT2D eigenvalue weighted by Gasteiger charge is -2.09. The van der Waals surface area contributed by atoms with Gasteiger partial charge in [0.05, 0.1) is 11.8 Å². The molecule has 1 heterocycles. The minimum atomic E-state index is -1.18. The molecule has 0 aliphatic carbocycles. The number of benzene rings is 1. The molecule has 1 aromatic heterocycles. The average molecular weight is 248 g/mol. The van der Waals surface area contributed by atoms with Gasteiger partial charge in [-0.25, -0.2) is 4.79 Å². The van der Waals surface area contributed by atoms with Gasteiger partial charge in [-0.3, -0.25) is 0 Å². The van der Waals surface area contributed by atoms with Crippen LogP contribution in [0.2, 0.25) is 0 Å². The lowest BCUT2D eigenvalue weighted by atomic mass is 10.3. The molecule has 0 spiro atoms. The number of hydrogen-bond acceptors (Lipinski definition) is 5. The maximum atomic E-state index is 10.9. The summed E-state index contributed by atoms with van der Waals surface area (Å²) in [7, 11) is 0. The van der Waals surface area contributed by atoms with Crippen LogP contribution in [0.25, 0.3) is 5.69 Å². The van der Waals surface area contributed by atoms with Gasteiger partial charge in [0, 0.05) is 0 Å². The number of hydrogen-bond donors (Lipinski definition) is 1. The zero-order valence-corrected chi connectivity index (χ0v) is 9.94. The molecule has 0 bridgehead atoms. The second-order valence-electron chi connectivity index (χ2n) is 3.88. The Morgan fingerprint density at radius 3 is 2.56 bits per heavy atom. The van der Waals surface area contributed by atoms with E-state index in [9.17, 15) is 4.79 Å². The van der Waals surface area contributed by atoms with Crippen LogP contribution in [0.4, 0.5) is 0 Å². The first-order chi connectivity index (χ1) is 8.58. The van der Waals surface area contributed by atoms with E-state index >= 15 is 0 Å². The molecule has 0 amide bonds. The first kappa shape index (κ1) is 12.0. The molecule has 0 fully saturated rings. The molecule has 0 aliphatic rings. The normalized spacial score (nSPS) is 10.6. The molecule has 0 unspecified atom stereocenters. The molecule has 0 saturated heterocycles. The third-order valence-electron chi connectivity index (χ3n) is 2.11. The van der Waals surface area contributed by atoms with Gasteiger partial charge in [0.15, 0.2) is 0 Å². The topological polar surface area (TPSA) is 90.1 Å². The Balaban J connectivity index is 2.29. The molecule has 7 heteroatoms. The van der Waals surface area contributed by atoms with Crippen LogP contribution in [0.3, 0.4) is 0 Å². The van der Waals surface area contributed by atoms with Crippen molar-refractivity contribution in [3.05, 3.63) is 30.1 Å². The van der Waals surface area contributed by atoms with Crippen molar-refractivity contribution in [1.29, 1.82) is 0 Å². The van der Waals surface area contributed by atoms with E-state index in [4.69, 9.17) is 9.84 Å². The van der Waals surface area contributed by atoms with Gasteiger partial charge >= 0.3 is 5.97 Å². The Morgan fingerprint density at radius 2 is 2.00 bits per heavy atom. The minimum Gasteiger partial charge on any atom is -0.491 e. The van der Waals surface area contributed by atoms with E-state index in [1.54, 1.807) is 24.3 Å². The fourth-order valence-electron chi connectivity index (χ4n) is 1.43. The highest BCUT2D eigenvalue weighted by molar-refractivity contribution is 5.83. The van der Waals surface area contributed by atoms with Crippen molar-refractivity contribution in [2.45, 2.75) is 20.0 Å². The van der Waals surface area contributed by atoms with Gasteiger partial charge in [0.2, 0.25) is 0 Å². The van der Waals surface area contributed by atoms with Crippen LogP contribution < -0.4 is 4.74 Å². The van der Waals surface area contributed by atoms with E-state index < -0.39 is 5.97 Å². The Hall–Kier alpha value is -2.44. The van der Waals surface area contributed by atoms with Crippen LogP contribution in [-0.4, -0.2) is 37.4 Å². The summed E-state index contributed by atoms with van der Waals surface area (Å²) in [5.41, 5.74) is 0.563. The van der Waals surface area contributed by atoms with Crippen molar-refractivity contribution >= 4 is 5.97 Å². The van der Waals surface area contributed by atoms with Gasteiger partial charge < -0.3 is 9.84 Å². The van der Waals surface area contributed by atoms with Crippen molar-refractivity contribution in [2.75, 3.05) is 0 Å². The summed E-state index contributed by atoms with van der Waals surface area (Å²) < 4.78 is 6.64. The number of ether oxygens (including phenoxy) is 1. The Bertz CT molecular complexity index is 548. The smallest absolute Gasteiger partial charge is 0.376 e. The lowest BCUT2D eigenvalue weighted by Crippen LogP contribution is -2.09. The molecule has 2 aromatic rings. The SMILES string of the molecule is CC(C)Oc1ccc(-n2nnnc2C(=O)O)cc1. The van der Waals surface area contributed by atoms with E-state index in [-0.39, 0.29) is 11.9 Å². The molecule has 0 atom stereocenters. The third kappa shape index (κ3) is 2.45. The van der Waals surface area contributed by atoms with Crippen LogP contribution in [0.15, 0.2) is 24.3 Å². The Morgan fingerprint density at radius 1 is 1.33 bits per heavy atom. The Labute approximate surface area is 103 Å². The fraction of sp³-hybridized carbons (Fsp3) is 0.273. The van der Waals surface area contributed by atoms with Gasteiger partial charge in [-0.15, -0.1) is 5.10 Å². The van der Waals surface area contributed by atoms with E-state index in [1.165, 1.54) is 0 Å². The first-order valence-corrected chi connectivity index (χ1v) is 5.36. The number of carboxylic acids is 1. The molecule has 2 rings (SSSR count). The minimum absolute atomic E-state index is 0.0819. The second-order valence-corrected chi connectivity index (χ2v) is 3.88. The quantitative estimate of drug-likeness (QED) is 0.872. The molecular formula is C11H12N4O3. The molecule has 7 nitrogen and oxygen atoms in total. The number of aromatic carboxylic acids is 1. The summed E-state index contributed by atoms with van der Waals surface area (Å²) in [6.45, 7) is 3.86. The molecular weight excluding hydrogens is 236 g/mol. The molecule has 0 radical (unpaired) electrons. The molecule has 0 saturated carbocycles. The molecule has 0 aliphatic heterocycles. The summed E-state index contributed by atoms with van der Waals surface area (Å²) in [5.74, 6) is -0.700. The first-order valence-electron chi connectivity index (χ1n) is 5.36. The number of nitrogens with zero attached hydrogens (tertiary/aromatic N) is 4. The molecule has 1 aromatic carbocycles. The van der Waals surface area contributed by atoms with Crippen LogP contribution in [-0.2, 0) is 0 Å². The van der Waals surface area contributed by atoms with Gasteiger partial charge in [-0.05, 0) is 48.5 Å². The van der Waals surface area contributed by atoms with Crippen molar-refractivity contribution in [2.24, 2.45) is 0 Å². The highest BCUT2D eigenvalue weighted by atomic mass is 16.5. The second kappa shape index (κ2) is 4.82. The van der Waals surface area contributed by atoms with Crippen molar-refractivity contribution in [3.63, 3.8) is 0 Å². The zero-order valence-electron chi connectivity index (χ0n) is 9.94. The third-order valence-corrected chi connectivity index (χ3v) is 2.11. The van der Waals surface area contributed by atoms with Crippen LogP contribution in [0.1, 0.15) is 24.5 Å². The van der Waals surface area contributed by atoms with Crippen LogP contribution >= 0.6 is 0 Å². The highest BCUT2D eigenvalue weighted by Gasteiger charge is 2.15. The largest absolute Gasteiger partial charge is 0.491 e. The zero-order chi connectivity index (χ0) is 13.1. The predicted octanol–water partition coefficient (Wildman–Crippen LogP) is 1.15. The number of tetrazole rings is 1. The number of aromatic nitrogens is 4. The summed E-state index contributed by atoms with van der Waals surface area (Å²) in [4.78, 5) is 10.9. The highest BCUT2D eigenvalue weighted by Crippen LogP contribution is 2.16. The molecule has 1 N–H and O–H groups in total. The predicted molar refractivity (Wildman–Crippen MR) is 61.9 cm³/mol. The van der Waals surface area contributed by atoms with Crippen molar-refractivity contribution in [1.82, 2.24) is 20.2 Å². The average Bonchev–Trinajstić information content (AvgIpc) is 2.78. The number of rotatable bonds is 4. The maximum Gasteiger partial charge on any atom is 0.376 e. The van der Waals surface area contributed by atoms with Crippen molar-refractivity contribution < 1.29 is 14.6 Å². The van der Waals surface area contributed by atoms with Gasteiger partial charge in [0.25, 0.3) is 5.82 Å². The van der Waals surface area contributed by atoms with Gasteiger partial charge in [-0.1, -0.05) is 0 Å². The fourth-order valence-corrected chi connectivity index (χ4v) is 1.43. The summed E-state index contributed by atoms with van der Waals surface area (Å²) >= 11 is 0. The van der Waals surface area contributed by atoms with Gasteiger partial charge in [0.1, 0.15) is 5.75 Å². The molecule has 94 valence electrons. The van der Waals surface area contributed by atoms with E-state index in [1.807, 2.05) is 13.8 Å². The van der Waals surface area contributed by atoms with Crippen molar-refractivity contribution in [3.8, 4) is 11.4 Å². The standard InChI is InChI=1S/C11H12N4O3/c1-7(2)18-9-5-3-8(4-6-9)15-10(11(16)17)12-13-14-15/h3-7H,1-2H3,(H,16,17). The van der Waals surface area contributed by atoms with Gasteiger partial charge in [-0.2, -0.15) is 4.68 Å². The van der Waals surface area contributed by atoms with E-state index in [0.29, 0.717) is 11.4 Å². The Kier molecular flexibility index (Phi) is 3.22. The van der Waals surface area contributed by atoms with E-state index in [0.717, 1.165) is 4.68 Å². The maximum absolute atomic E-state index is 10.9.